The first-order chi connectivity index (χ1) is 8.47. The SMILES string of the molecule is CC(C)(C)c1ccc(OCc2ncco2)c(Cl)c1. The molecule has 2 aromatic rings. The monoisotopic (exact) mass is 265 g/mol. The van der Waals surface area contributed by atoms with Crippen molar-refractivity contribution in [2.45, 2.75) is 32.8 Å². The van der Waals surface area contributed by atoms with Gasteiger partial charge in [0.1, 0.15) is 12.0 Å². The summed E-state index contributed by atoms with van der Waals surface area (Å²) in [6, 6.07) is 5.84. The minimum absolute atomic E-state index is 0.0741. The molecule has 1 heterocycles. The smallest absolute Gasteiger partial charge is 0.232 e. The van der Waals surface area contributed by atoms with Crippen molar-refractivity contribution >= 4 is 11.6 Å². The first-order valence-corrected chi connectivity index (χ1v) is 6.16. The van der Waals surface area contributed by atoms with Crippen LogP contribution in [0.1, 0.15) is 32.2 Å². The lowest BCUT2D eigenvalue weighted by Crippen LogP contribution is -2.10. The van der Waals surface area contributed by atoms with Crippen LogP contribution in [0.15, 0.2) is 35.1 Å². The summed E-state index contributed by atoms with van der Waals surface area (Å²) >= 11 is 6.20. The van der Waals surface area contributed by atoms with E-state index in [-0.39, 0.29) is 12.0 Å². The maximum atomic E-state index is 6.20. The molecule has 0 aliphatic heterocycles. The molecule has 1 aromatic heterocycles. The van der Waals surface area contributed by atoms with Gasteiger partial charge < -0.3 is 9.15 Å². The molecule has 0 saturated carbocycles. The van der Waals surface area contributed by atoms with Crippen molar-refractivity contribution in [2.24, 2.45) is 0 Å². The third-order valence-corrected chi connectivity index (χ3v) is 2.93. The molecule has 3 nitrogen and oxygen atoms in total. The van der Waals surface area contributed by atoms with Gasteiger partial charge in [-0.25, -0.2) is 4.98 Å². The third kappa shape index (κ3) is 3.05. The predicted molar refractivity (Wildman–Crippen MR) is 71.0 cm³/mol. The Balaban J connectivity index is 2.10. The Labute approximate surface area is 112 Å². The Hall–Kier alpha value is -1.48. The van der Waals surface area contributed by atoms with E-state index in [1.165, 1.54) is 11.8 Å². The molecule has 0 saturated heterocycles. The predicted octanol–water partition coefficient (Wildman–Crippen LogP) is 4.20. The molecule has 0 atom stereocenters. The molecule has 1 aromatic carbocycles. The zero-order chi connectivity index (χ0) is 13.2. The van der Waals surface area contributed by atoms with Gasteiger partial charge in [0.05, 0.1) is 11.2 Å². The number of aromatic nitrogens is 1. The van der Waals surface area contributed by atoms with Gasteiger partial charge >= 0.3 is 0 Å². The van der Waals surface area contributed by atoms with Crippen LogP contribution < -0.4 is 4.74 Å². The Bertz CT molecular complexity index is 515. The summed E-state index contributed by atoms with van der Waals surface area (Å²) in [5, 5.41) is 0.606. The fraction of sp³-hybridized carbons (Fsp3) is 0.357. The van der Waals surface area contributed by atoms with Crippen molar-refractivity contribution in [2.75, 3.05) is 0 Å². The molecule has 0 amide bonds. The average molecular weight is 266 g/mol. The molecule has 0 aliphatic carbocycles. The molecule has 0 unspecified atom stereocenters. The van der Waals surface area contributed by atoms with Crippen LogP contribution in [0.2, 0.25) is 5.02 Å². The maximum absolute atomic E-state index is 6.20. The lowest BCUT2D eigenvalue weighted by Gasteiger charge is -2.20. The van der Waals surface area contributed by atoms with Gasteiger partial charge in [-0.2, -0.15) is 0 Å². The van der Waals surface area contributed by atoms with E-state index in [2.05, 4.69) is 25.8 Å². The summed E-state index contributed by atoms with van der Waals surface area (Å²) in [6.45, 7) is 6.71. The molecule has 0 N–H and O–H groups in total. The maximum Gasteiger partial charge on any atom is 0.232 e. The minimum atomic E-state index is 0.0741. The van der Waals surface area contributed by atoms with E-state index in [9.17, 15) is 0 Å². The summed E-state index contributed by atoms with van der Waals surface area (Å²) in [4.78, 5) is 3.98. The average Bonchev–Trinajstić information content (AvgIpc) is 2.79. The number of halogens is 1. The number of oxazole rings is 1. The number of nitrogens with zero attached hydrogens (tertiary/aromatic N) is 1. The Kier molecular flexibility index (Phi) is 3.62. The molecular weight excluding hydrogens is 250 g/mol. The lowest BCUT2D eigenvalue weighted by molar-refractivity contribution is 0.263. The summed E-state index contributed by atoms with van der Waals surface area (Å²) in [7, 11) is 0. The van der Waals surface area contributed by atoms with E-state index in [1.54, 1.807) is 6.20 Å². The molecule has 0 spiro atoms. The van der Waals surface area contributed by atoms with Crippen LogP contribution in [0.4, 0.5) is 0 Å². The molecule has 0 fully saturated rings. The topological polar surface area (TPSA) is 35.3 Å². The normalized spacial score (nSPS) is 11.6. The quantitative estimate of drug-likeness (QED) is 0.834. The van der Waals surface area contributed by atoms with Crippen LogP contribution in [0, 0.1) is 0 Å². The van der Waals surface area contributed by atoms with Crippen LogP contribution >= 0.6 is 11.6 Å². The van der Waals surface area contributed by atoms with Gasteiger partial charge in [0, 0.05) is 0 Å². The zero-order valence-electron chi connectivity index (χ0n) is 10.7. The van der Waals surface area contributed by atoms with Crippen molar-refractivity contribution in [1.82, 2.24) is 4.98 Å². The molecule has 0 bridgehead atoms. The first-order valence-electron chi connectivity index (χ1n) is 5.78. The van der Waals surface area contributed by atoms with E-state index >= 15 is 0 Å². The highest BCUT2D eigenvalue weighted by atomic mass is 35.5. The van der Waals surface area contributed by atoms with Crippen LogP contribution in [-0.4, -0.2) is 4.98 Å². The molecule has 0 aliphatic rings. The molecule has 2 rings (SSSR count). The van der Waals surface area contributed by atoms with Crippen LogP contribution in [0.3, 0.4) is 0 Å². The number of benzene rings is 1. The summed E-state index contributed by atoms with van der Waals surface area (Å²) in [5.41, 5.74) is 1.25. The lowest BCUT2D eigenvalue weighted by atomic mass is 9.87. The van der Waals surface area contributed by atoms with E-state index in [0.29, 0.717) is 16.7 Å². The summed E-state index contributed by atoms with van der Waals surface area (Å²) in [5.74, 6) is 1.17. The van der Waals surface area contributed by atoms with E-state index in [1.807, 2.05) is 18.2 Å². The van der Waals surface area contributed by atoms with Gasteiger partial charge in [0.15, 0.2) is 6.61 Å². The number of hydrogen-bond donors (Lipinski definition) is 0. The van der Waals surface area contributed by atoms with Crippen molar-refractivity contribution in [3.05, 3.63) is 47.1 Å². The summed E-state index contributed by atoms with van der Waals surface area (Å²) < 4.78 is 10.7. The van der Waals surface area contributed by atoms with Gasteiger partial charge in [-0.05, 0) is 23.1 Å². The van der Waals surface area contributed by atoms with E-state index in [4.69, 9.17) is 20.8 Å². The van der Waals surface area contributed by atoms with Crippen molar-refractivity contribution < 1.29 is 9.15 Å². The fourth-order valence-corrected chi connectivity index (χ4v) is 1.78. The first kappa shape index (κ1) is 13.0. The minimum Gasteiger partial charge on any atom is -0.482 e. The molecule has 18 heavy (non-hydrogen) atoms. The highest BCUT2D eigenvalue weighted by Gasteiger charge is 2.15. The van der Waals surface area contributed by atoms with Gasteiger partial charge in [0.25, 0.3) is 0 Å². The second-order valence-corrected chi connectivity index (χ2v) is 5.52. The third-order valence-electron chi connectivity index (χ3n) is 2.63. The summed E-state index contributed by atoms with van der Waals surface area (Å²) in [6.07, 6.45) is 3.10. The molecular formula is C14H16ClNO2. The Morgan fingerprint density at radius 3 is 2.67 bits per heavy atom. The van der Waals surface area contributed by atoms with E-state index < -0.39 is 0 Å². The number of ether oxygens (including phenoxy) is 1. The molecule has 4 heteroatoms. The van der Waals surface area contributed by atoms with Crippen molar-refractivity contribution in [3.8, 4) is 5.75 Å². The van der Waals surface area contributed by atoms with Crippen LogP contribution in [0.25, 0.3) is 0 Å². The highest BCUT2D eigenvalue weighted by molar-refractivity contribution is 6.32. The Morgan fingerprint density at radius 2 is 2.11 bits per heavy atom. The second kappa shape index (κ2) is 5.02. The standard InChI is InChI=1S/C14H16ClNO2/c1-14(2,3)10-4-5-12(11(15)8-10)18-9-13-16-6-7-17-13/h4-8H,9H2,1-3H3. The van der Waals surface area contributed by atoms with Gasteiger partial charge in [-0.1, -0.05) is 38.4 Å². The number of hydrogen-bond acceptors (Lipinski definition) is 3. The largest absolute Gasteiger partial charge is 0.482 e. The highest BCUT2D eigenvalue weighted by Crippen LogP contribution is 2.31. The van der Waals surface area contributed by atoms with Crippen LogP contribution in [0.5, 0.6) is 5.75 Å². The van der Waals surface area contributed by atoms with Gasteiger partial charge in [-0.3, -0.25) is 0 Å². The Morgan fingerprint density at radius 1 is 1.33 bits per heavy atom. The van der Waals surface area contributed by atoms with E-state index in [0.717, 1.165) is 0 Å². The molecule has 0 radical (unpaired) electrons. The number of rotatable bonds is 3. The van der Waals surface area contributed by atoms with Crippen molar-refractivity contribution in [3.63, 3.8) is 0 Å². The van der Waals surface area contributed by atoms with Crippen LogP contribution in [-0.2, 0) is 12.0 Å². The fourth-order valence-electron chi connectivity index (χ4n) is 1.55. The van der Waals surface area contributed by atoms with Gasteiger partial charge in [-0.15, -0.1) is 0 Å². The second-order valence-electron chi connectivity index (χ2n) is 5.11. The zero-order valence-corrected chi connectivity index (χ0v) is 11.5. The van der Waals surface area contributed by atoms with Crippen molar-refractivity contribution in [1.29, 1.82) is 0 Å². The van der Waals surface area contributed by atoms with Gasteiger partial charge in [0.2, 0.25) is 5.89 Å². The molecule has 96 valence electrons.